The number of rotatable bonds is 6. The largest absolute Gasteiger partial charge is 0.488 e. The van der Waals surface area contributed by atoms with Gasteiger partial charge in [0.25, 0.3) is 11.8 Å². The molecule has 3 rings (SSSR count). The molecule has 0 fully saturated rings. The summed E-state index contributed by atoms with van der Waals surface area (Å²) in [5.41, 5.74) is 1.17. The van der Waals surface area contributed by atoms with Crippen LogP contribution in [0.3, 0.4) is 0 Å². The fourth-order valence-electron chi connectivity index (χ4n) is 2.94. The van der Waals surface area contributed by atoms with Gasteiger partial charge < -0.3 is 19.7 Å². The van der Waals surface area contributed by atoms with E-state index >= 15 is 0 Å². The number of anilines is 1. The van der Waals surface area contributed by atoms with Crippen LogP contribution in [0.2, 0.25) is 0 Å². The van der Waals surface area contributed by atoms with E-state index in [9.17, 15) is 9.59 Å². The van der Waals surface area contributed by atoms with Crippen molar-refractivity contribution in [2.45, 2.75) is 33.3 Å². The maximum atomic E-state index is 12.9. The maximum Gasteiger partial charge on any atom is 0.257 e. The van der Waals surface area contributed by atoms with E-state index in [0.717, 1.165) is 5.56 Å². The van der Waals surface area contributed by atoms with Crippen molar-refractivity contribution in [2.24, 2.45) is 0 Å². The van der Waals surface area contributed by atoms with Crippen molar-refractivity contribution in [3.63, 3.8) is 0 Å². The van der Waals surface area contributed by atoms with Crippen molar-refractivity contribution in [3.8, 4) is 17.2 Å². The second-order valence-electron chi connectivity index (χ2n) is 8.68. The molecule has 0 atom stereocenters. The summed E-state index contributed by atoms with van der Waals surface area (Å²) in [6, 6.07) is 10.2. The Morgan fingerprint density at radius 3 is 2.21 bits per heavy atom. The highest BCUT2D eigenvalue weighted by Crippen LogP contribution is 2.35. The van der Waals surface area contributed by atoms with E-state index in [0.29, 0.717) is 34.2 Å². The Kier molecular flexibility index (Phi) is 6.96. The molecule has 3 aromatic rings. The standard InChI is InChI=1S/C25H28N4O4/c1-16-20(32-19-9-7-17(8-10-19)24(31)29(5)6)13-18(14-21(16)33-25(2,3)4)23(30)28-22-15-26-11-12-27-22/h7-15H,1-6H3,(H,27,28,30). The smallest absolute Gasteiger partial charge is 0.257 e. The minimum absolute atomic E-state index is 0.0960. The Balaban J connectivity index is 1.94. The first-order valence-corrected chi connectivity index (χ1v) is 10.4. The van der Waals surface area contributed by atoms with Gasteiger partial charge in [-0.2, -0.15) is 0 Å². The molecule has 0 unspecified atom stereocenters. The quantitative estimate of drug-likeness (QED) is 0.587. The molecule has 1 aromatic heterocycles. The third-order valence-electron chi connectivity index (χ3n) is 4.53. The van der Waals surface area contributed by atoms with Crippen LogP contribution in [0, 0.1) is 6.92 Å². The van der Waals surface area contributed by atoms with Gasteiger partial charge in [-0.25, -0.2) is 4.98 Å². The van der Waals surface area contributed by atoms with E-state index in [1.807, 2.05) is 27.7 Å². The summed E-state index contributed by atoms with van der Waals surface area (Å²) in [6.07, 6.45) is 4.49. The van der Waals surface area contributed by atoms with E-state index in [2.05, 4.69) is 15.3 Å². The number of nitrogens with zero attached hydrogens (tertiary/aromatic N) is 3. The number of carbonyl (C=O) groups is 2. The first-order chi connectivity index (χ1) is 15.5. The molecule has 8 nitrogen and oxygen atoms in total. The van der Waals surface area contributed by atoms with Gasteiger partial charge in [-0.1, -0.05) is 0 Å². The zero-order valence-electron chi connectivity index (χ0n) is 19.7. The van der Waals surface area contributed by atoms with Crippen molar-refractivity contribution < 1.29 is 19.1 Å². The van der Waals surface area contributed by atoms with Gasteiger partial charge in [0.2, 0.25) is 0 Å². The number of aromatic nitrogens is 2. The molecule has 0 bridgehead atoms. The number of nitrogens with one attached hydrogen (secondary N) is 1. The van der Waals surface area contributed by atoms with Gasteiger partial charge >= 0.3 is 0 Å². The zero-order valence-corrected chi connectivity index (χ0v) is 19.7. The molecule has 2 amide bonds. The van der Waals surface area contributed by atoms with Crippen molar-refractivity contribution >= 4 is 17.6 Å². The van der Waals surface area contributed by atoms with Gasteiger partial charge in [0.05, 0.1) is 6.20 Å². The number of benzene rings is 2. The number of ether oxygens (including phenoxy) is 2. The summed E-state index contributed by atoms with van der Waals surface area (Å²) in [5, 5.41) is 2.72. The Hall–Kier alpha value is -3.94. The topological polar surface area (TPSA) is 93.7 Å². The van der Waals surface area contributed by atoms with Gasteiger partial charge in [0.15, 0.2) is 5.82 Å². The number of carbonyl (C=O) groups excluding carboxylic acids is 2. The van der Waals surface area contributed by atoms with Crippen LogP contribution in [0.1, 0.15) is 47.1 Å². The fraction of sp³-hybridized carbons (Fsp3) is 0.280. The maximum absolute atomic E-state index is 12.9. The monoisotopic (exact) mass is 448 g/mol. The SMILES string of the molecule is Cc1c(Oc2ccc(C(=O)N(C)C)cc2)cc(C(=O)Nc2cnccn2)cc1OC(C)(C)C. The van der Waals surface area contributed by atoms with Crippen molar-refractivity contribution in [2.75, 3.05) is 19.4 Å². The van der Waals surface area contributed by atoms with Crippen LogP contribution in [0.5, 0.6) is 17.2 Å². The highest BCUT2D eigenvalue weighted by atomic mass is 16.5. The zero-order chi connectivity index (χ0) is 24.2. The molecule has 0 saturated carbocycles. The predicted octanol–water partition coefficient (Wildman–Crippen LogP) is 4.71. The van der Waals surface area contributed by atoms with Gasteiger partial charge in [-0.05, 0) is 64.1 Å². The number of hydrogen-bond acceptors (Lipinski definition) is 6. The Labute approximate surface area is 193 Å². The van der Waals surface area contributed by atoms with Crippen LogP contribution in [0.4, 0.5) is 5.82 Å². The van der Waals surface area contributed by atoms with Crippen LogP contribution in [-0.2, 0) is 0 Å². The minimum Gasteiger partial charge on any atom is -0.488 e. The number of hydrogen-bond donors (Lipinski definition) is 1. The van der Waals surface area contributed by atoms with Gasteiger partial charge in [0, 0.05) is 43.2 Å². The van der Waals surface area contributed by atoms with E-state index in [-0.39, 0.29) is 11.8 Å². The van der Waals surface area contributed by atoms with E-state index in [4.69, 9.17) is 9.47 Å². The van der Waals surface area contributed by atoms with Crippen LogP contribution < -0.4 is 14.8 Å². The minimum atomic E-state index is -0.476. The number of amides is 2. The molecule has 0 aliphatic carbocycles. The summed E-state index contributed by atoms with van der Waals surface area (Å²) in [5.74, 6) is 1.40. The molecule has 8 heteroatoms. The summed E-state index contributed by atoms with van der Waals surface area (Å²) in [4.78, 5) is 34.6. The third-order valence-corrected chi connectivity index (χ3v) is 4.53. The molecular formula is C25H28N4O4. The third kappa shape index (κ3) is 6.29. The first-order valence-electron chi connectivity index (χ1n) is 10.4. The predicted molar refractivity (Wildman–Crippen MR) is 126 cm³/mol. The molecule has 2 aromatic carbocycles. The lowest BCUT2D eigenvalue weighted by molar-refractivity contribution is 0.0827. The molecule has 172 valence electrons. The highest BCUT2D eigenvalue weighted by Gasteiger charge is 2.20. The molecule has 33 heavy (non-hydrogen) atoms. The summed E-state index contributed by atoms with van der Waals surface area (Å²) < 4.78 is 12.2. The Morgan fingerprint density at radius 1 is 0.970 bits per heavy atom. The molecule has 0 saturated heterocycles. The van der Waals surface area contributed by atoms with Crippen molar-refractivity contribution in [1.29, 1.82) is 0 Å². The van der Waals surface area contributed by atoms with E-state index < -0.39 is 5.60 Å². The average Bonchev–Trinajstić information content (AvgIpc) is 2.76. The van der Waals surface area contributed by atoms with Crippen LogP contribution in [0.25, 0.3) is 0 Å². The first kappa shape index (κ1) is 23.7. The molecule has 0 aliphatic heterocycles. The molecular weight excluding hydrogens is 420 g/mol. The van der Waals surface area contributed by atoms with Gasteiger partial charge in [0.1, 0.15) is 22.8 Å². The molecule has 1 heterocycles. The fourth-order valence-corrected chi connectivity index (χ4v) is 2.94. The second-order valence-corrected chi connectivity index (χ2v) is 8.68. The molecule has 0 radical (unpaired) electrons. The lowest BCUT2D eigenvalue weighted by atomic mass is 10.1. The van der Waals surface area contributed by atoms with Crippen molar-refractivity contribution in [3.05, 3.63) is 71.7 Å². The lowest BCUT2D eigenvalue weighted by Gasteiger charge is -2.24. The Morgan fingerprint density at radius 2 is 1.64 bits per heavy atom. The highest BCUT2D eigenvalue weighted by molar-refractivity contribution is 6.04. The normalized spacial score (nSPS) is 11.0. The molecule has 1 N–H and O–H groups in total. The Bertz CT molecular complexity index is 1140. The summed E-state index contributed by atoms with van der Waals surface area (Å²) in [7, 11) is 3.40. The molecule has 0 aliphatic rings. The second kappa shape index (κ2) is 9.68. The van der Waals surface area contributed by atoms with E-state index in [1.165, 1.54) is 23.5 Å². The van der Waals surface area contributed by atoms with Crippen LogP contribution in [0.15, 0.2) is 55.0 Å². The van der Waals surface area contributed by atoms with Crippen LogP contribution >= 0.6 is 0 Å². The van der Waals surface area contributed by atoms with Crippen LogP contribution in [-0.4, -0.2) is 46.4 Å². The average molecular weight is 449 g/mol. The van der Waals surface area contributed by atoms with Crippen molar-refractivity contribution in [1.82, 2.24) is 14.9 Å². The van der Waals surface area contributed by atoms with E-state index in [1.54, 1.807) is 50.5 Å². The molecule has 0 spiro atoms. The lowest BCUT2D eigenvalue weighted by Crippen LogP contribution is -2.24. The summed E-state index contributed by atoms with van der Waals surface area (Å²) in [6.45, 7) is 7.66. The van der Waals surface area contributed by atoms with Gasteiger partial charge in [-0.15, -0.1) is 0 Å². The van der Waals surface area contributed by atoms with Gasteiger partial charge in [-0.3, -0.25) is 14.6 Å². The summed E-state index contributed by atoms with van der Waals surface area (Å²) >= 11 is 0.